The number of hydrogen-bond acceptors (Lipinski definition) is 4. The molecule has 5 heteroatoms. The van der Waals surface area contributed by atoms with E-state index in [1.54, 1.807) is 0 Å². The summed E-state index contributed by atoms with van der Waals surface area (Å²) in [7, 11) is 0. The van der Waals surface area contributed by atoms with Crippen LogP contribution in [-0.2, 0) is 14.3 Å². The molecule has 1 fully saturated rings. The molecule has 1 heterocycles. The summed E-state index contributed by atoms with van der Waals surface area (Å²) in [6.45, 7) is 5.11. The van der Waals surface area contributed by atoms with E-state index in [2.05, 4.69) is 38.2 Å². The quantitative estimate of drug-likeness (QED) is 0.0898. The molecule has 38 heavy (non-hydrogen) atoms. The van der Waals surface area contributed by atoms with Crippen molar-refractivity contribution in [2.75, 3.05) is 6.61 Å². The zero-order valence-electron chi connectivity index (χ0n) is 24.8. The van der Waals surface area contributed by atoms with Crippen molar-refractivity contribution in [1.82, 2.24) is 0 Å². The van der Waals surface area contributed by atoms with Crippen molar-refractivity contribution in [1.29, 1.82) is 0 Å². The first-order chi connectivity index (χ1) is 18.6. The van der Waals surface area contributed by atoms with Gasteiger partial charge in [0, 0.05) is 13.0 Å². The van der Waals surface area contributed by atoms with Crippen molar-refractivity contribution < 1.29 is 24.5 Å². The normalized spacial score (nSPS) is 18.8. The molecule has 4 atom stereocenters. The molecule has 0 aromatic carbocycles. The SMILES string of the molecule is CCCCC/C=C\C/C=C\CCCCCCC[C@H](C[C@H](O)[C@H](CCCCCC)C(=O)O)OC1CCCCO1. The molecule has 1 aliphatic rings. The zero-order valence-corrected chi connectivity index (χ0v) is 24.8. The molecule has 1 saturated heterocycles. The highest BCUT2D eigenvalue weighted by Crippen LogP contribution is 2.25. The second kappa shape index (κ2) is 24.8. The number of carboxylic acids is 1. The van der Waals surface area contributed by atoms with Gasteiger partial charge in [0.15, 0.2) is 6.29 Å². The van der Waals surface area contributed by atoms with Gasteiger partial charge in [0.25, 0.3) is 0 Å². The lowest BCUT2D eigenvalue weighted by Crippen LogP contribution is -2.35. The fourth-order valence-electron chi connectivity index (χ4n) is 5.16. The number of aliphatic hydroxyl groups excluding tert-OH is 1. The van der Waals surface area contributed by atoms with Gasteiger partial charge in [0.2, 0.25) is 0 Å². The Bertz CT molecular complexity index is 596. The Balaban J connectivity index is 2.32. The largest absolute Gasteiger partial charge is 0.481 e. The van der Waals surface area contributed by atoms with E-state index in [4.69, 9.17) is 9.47 Å². The lowest BCUT2D eigenvalue weighted by Gasteiger charge is -2.30. The molecule has 5 nitrogen and oxygen atoms in total. The van der Waals surface area contributed by atoms with Gasteiger partial charge in [-0.05, 0) is 64.2 Å². The summed E-state index contributed by atoms with van der Waals surface area (Å²) in [6.07, 6.45) is 30.0. The minimum Gasteiger partial charge on any atom is -0.481 e. The van der Waals surface area contributed by atoms with Crippen LogP contribution in [-0.4, -0.2) is 41.3 Å². The minimum absolute atomic E-state index is 0.149. The van der Waals surface area contributed by atoms with Crippen LogP contribution in [0.15, 0.2) is 24.3 Å². The van der Waals surface area contributed by atoms with Crippen LogP contribution in [0.1, 0.15) is 149 Å². The Morgan fingerprint density at radius 1 is 0.842 bits per heavy atom. The molecular weight excluding hydrogens is 476 g/mol. The summed E-state index contributed by atoms with van der Waals surface area (Å²) in [5.41, 5.74) is 0. The van der Waals surface area contributed by atoms with Crippen molar-refractivity contribution in [3.05, 3.63) is 24.3 Å². The summed E-state index contributed by atoms with van der Waals surface area (Å²) in [5, 5.41) is 20.6. The predicted octanol–water partition coefficient (Wildman–Crippen LogP) is 9.13. The monoisotopic (exact) mass is 536 g/mol. The van der Waals surface area contributed by atoms with Gasteiger partial charge in [0.05, 0.1) is 18.1 Å². The predicted molar refractivity (Wildman–Crippen MR) is 158 cm³/mol. The van der Waals surface area contributed by atoms with E-state index in [-0.39, 0.29) is 12.4 Å². The number of carbonyl (C=O) groups is 1. The van der Waals surface area contributed by atoms with E-state index < -0.39 is 18.0 Å². The third kappa shape index (κ3) is 19.0. The molecule has 0 aliphatic carbocycles. The van der Waals surface area contributed by atoms with Gasteiger partial charge in [-0.15, -0.1) is 0 Å². The second-order valence-corrected chi connectivity index (χ2v) is 11.2. The molecule has 0 saturated carbocycles. The topological polar surface area (TPSA) is 76.0 Å². The van der Waals surface area contributed by atoms with Crippen LogP contribution >= 0.6 is 0 Å². The number of aliphatic carboxylic acids is 1. The number of rotatable bonds is 25. The smallest absolute Gasteiger partial charge is 0.309 e. The fourth-order valence-corrected chi connectivity index (χ4v) is 5.16. The molecule has 0 aromatic rings. The Morgan fingerprint density at radius 3 is 2.11 bits per heavy atom. The molecule has 0 aromatic heterocycles. The van der Waals surface area contributed by atoms with Gasteiger partial charge in [-0.2, -0.15) is 0 Å². The molecule has 1 rings (SSSR count). The summed E-state index contributed by atoms with van der Waals surface area (Å²) >= 11 is 0. The Kier molecular flexibility index (Phi) is 22.8. The average Bonchev–Trinajstić information content (AvgIpc) is 2.91. The summed E-state index contributed by atoms with van der Waals surface area (Å²) in [4.78, 5) is 11.9. The number of hydrogen-bond donors (Lipinski definition) is 2. The van der Waals surface area contributed by atoms with Gasteiger partial charge in [-0.1, -0.05) is 102 Å². The Morgan fingerprint density at radius 2 is 1.45 bits per heavy atom. The minimum atomic E-state index is -0.890. The molecule has 2 N–H and O–H groups in total. The number of ether oxygens (including phenoxy) is 2. The highest BCUT2D eigenvalue weighted by atomic mass is 16.7. The average molecular weight is 537 g/mol. The van der Waals surface area contributed by atoms with Crippen LogP contribution in [0, 0.1) is 5.92 Å². The number of allylic oxidation sites excluding steroid dienone is 4. The highest BCUT2D eigenvalue weighted by molar-refractivity contribution is 5.70. The van der Waals surface area contributed by atoms with Crippen LogP contribution in [0.5, 0.6) is 0 Å². The maximum atomic E-state index is 11.9. The van der Waals surface area contributed by atoms with E-state index in [0.717, 1.165) is 83.7 Å². The number of carboxylic acid groups (broad SMARTS) is 1. The third-order valence-electron chi connectivity index (χ3n) is 7.61. The first-order valence-corrected chi connectivity index (χ1v) is 16.1. The van der Waals surface area contributed by atoms with Crippen molar-refractivity contribution in [2.45, 2.75) is 167 Å². The number of unbranched alkanes of at least 4 members (excludes halogenated alkanes) is 11. The molecule has 0 radical (unpaired) electrons. The van der Waals surface area contributed by atoms with E-state index in [0.29, 0.717) is 12.8 Å². The van der Waals surface area contributed by atoms with E-state index in [1.165, 1.54) is 44.9 Å². The Labute approximate surface area is 234 Å². The maximum absolute atomic E-state index is 11.9. The van der Waals surface area contributed by atoms with Crippen molar-refractivity contribution in [3.63, 3.8) is 0 Å². The van der Waals surface area contributed by atoms with Crippen molar-refractivity contribution in [2.24, 2.45) is 5.92 Å². The molecular formula is C33H60O5. The van der Waals surface area contributed by atoms with Crippen molar-refractivity contribution >= 4 is 5.97 Å². The molecule has 1 aliphatic heterocycles. The lowest BCUT2D eigenvalue weighted by atomic mass is 9.90. The molecule has 0 amide bonds. The van der Waals surface area contributed by atoms with Gasteiger partial charge in [-0.3, -0.25) is 4.79 Å². The highest BCUT2D eigenvalue weighted by Gasteiger charge is 2.30. The van der Waals surface area contributed by atoms with Crippen molar-refractivity contribution in [3.8, 4) is 0 Å². The summed E-state index contributed by atoms with van der Waals surface area (Å²) < 4.78 is 12.1. The van der Waals surface area contributed by atoms with Gasteiger partial charge in [0.1, 0.15) is 0 Å². The van der Waals surface area contributed by atoms with Crippen LogP contribution in [0.2, 0.25) is 0 Å². The summed E-state index contributed by atoms with van der Waals surface area (Å²) in [6, 6.07) is 0. The molecule has 0 bridgehead atoms. The van der Waals surface area contributed by atoms with Crippen LogP contribution in [0.3, 0.4) is 0 Å². The fraction of sp³-hybridized carbons (Fsp3) is 0.848. The third-order valence-corrected chi connectivity index (χ3v) is 7.61. The van der Waals surface area contributed by atoms with E-state index in [1.807, 2.05) is 0 Å². The lowest BCUT2D eigenvalue weighted by molar-refractivity contribution is -0.196. The summed E-state index contributed by atoms with van der Waals surface area (Å²) in [5.74, 6) is -1.60. The van der Waals surface area contributed by atoms with E-state index >= 15 is 0 Å². The maximum Gasteiger partial charge on any atom is 0.309 e. The number of aliphatic hydroxyl groups is 1. The van der Waals surface area contributed by atoms with Gasteiger partial charge >= 0.3 is 5.97 Å². The molecule has 222 valence electrons. The van der Waals surface area contributed by atoms with Crippen LogP contribution in [0.25, 0.3) is 0 Å². The Hall–Kier alpha value is -1.17. The zero-order chi connectivity index (χ0) is 27.7. The van der Waals surface area contributed by atoms with Gasteiger partial charge in [-0.25, -0.2) is 0 Å². The van der Waals surface area contributed by atoms with Crippen LogP contribution < -0.4 is 0 Å². The molecule has 1 unspecified atom stereocenters. The van der Waals surface area contributed by atoms with Crippen LogP contribution in [0.4, 0.5) is 0 Å². The standard InChI is InChI=1S/C33H60O5/c1-3-5-7-9-10-11-12-13-14-15-16-17-18-19-20-24-29(38-32-26-22-23-27-37-32)28-31(34)30(33(35)36)25-21-8-6-4-2/h10-11,13-14,29-32,34H,3-9,12,15-28H2,1-2H3,(H,35,36)/b11-10-,14-13-/t29-,30+,31+,32?/m1/s1. The van der Waals surface area contributed by atoms with E-state index in [9.17, 15) is 15.0 Å². The van der Waals surface area contributed by atoms with Gasteiger partial charge < -0.3 is 19.7 Å². The second-order valence-electron chi connectivity index (χ2n) is 11.2. The first-order valence-electron chi connectivity index (χ1n) is 16.1. The molecule has 0 spiro atoms. The first kappa shape index (κ1) is 34.9.